The van der Waals surface area contributed by atoms with Crippen molar-refractivity contribution in [1.29, 1.82) is 0 Å². The van der Waals surface area contributed by atoms with Gasteiger partial charge in [-0.2, -0.15) is 5.10 Å². The van der Waals surface area contributed by atoms with E-state index in [1.54, 1.807) is 12.1 Å². The summed E-state index contributed by atoms with van der Waals surface area (Å²) in [6.07, 6.45) is 0. The zero-order valence-electron chi connectivity index (χ0n) is 11.4. The van der Waals surface area contributed by atoms with E-state index < -0.39 is 0 Å². The molecule has 2 heterocycles. The third kappa shape index (κ3) is 2.60. The molecule has 21 heavy (non-hydrogen) atoms. The number of hydrogen-bond donors (Lipinski definition) is 2. The number of anilines is 1. The molecular weight excluding hydrogens is 290 g/mol. The normalized spacial score (nSPS) is 10.8. The molecule has 0 atom stereocenters. The molecule has 0 unspecified atom stereocenters. The van der Waals surface area contributed by atoms with Gasteiger partial charge in [-0.05, 0) is 48.4 Å². The van der Waals surface area contributed by atoms with Crippen LogP contribution >= 0.6 is 11.6 Å². The lowest BCUT2D eigenvalue weighted by atomic mass is 10.0. The highest BCUT2D eigenvalue weighted by atomic mass is 35.5. The summed E-state index contributed by atoms with van der Waals surface area (Å²) in [6.45, 7) is 2.57. The standard InChI is InChI=1S/C15H14ClN3O2/c1-2-20-10-5-3-9(4-6-10)13-14(18-19-15(13)17)11-7-8-12(16)21-11/h3-8H,2H2,1H3,(H3,17,18,19). The molecule has 2 aromatic heterocycles. The summed E-state index contributed by atoms with van der Waals surface area (Å²) in [6, 6.07) is 11.1. The van der Waals surface area contributed by atoms with Gasteiger partial charge in [0, 0.05) is 0 Å². The van der Waals surface area contributed by atoms with Crippen LogP contribution in [0.25, 0.3) is 22.6 Å². The van der Waals surface area contributed by atoms with E-state index in [4.69, 9.17) is 26.5 Å². The molecule has 0 saturated carbocycles. The number of aromatic amines is 1. The van der Waals surface area contributed by atoms with Gasteiger partial charge >= 0.3 is 0 Å². The van der Waals surface area contributed by atoms with Crippen LogP contribution in [-0.4, -0.2) is 16.8 Å². The Morgan fingerprint density at radius 3 is 2.62 bits per heavy atom. The number of nitrogen functional groups attached to an aromatic ring is 1. The number of H-pyrrole nitrogens is 1. The molecule has 3 N–H and O–H groups in total. The smallest absolute Gasteiger partial charge is 0.194 e. The van der Waals surface area contributed by atoms with E-state index in [9.17, 15) is 0 Å². The van der Waals surface area contributed by atoms with Crippen molar-refractivity contribution in [3.63, 3.8) is 0 Å². The minimum Gasteiger partial charge on any atom is -0.494 e. The molecule has 6 heteroatoms. The van der Waals surface area contributed by atoms with Gasteiger partial charge in [0.2, 0.25) is 0 Å². The summed E-state index contributed by atoms with van der Waals surface area (Å²) in [4.78, 5) is 0. The molecule has 1 aromatic carbocycles. The van der Waals surface area contributed by atoms with E-state index in [0.717, 1.165) is 16.9 Å². The van der Waals surface area contributed by atoms with E-state index in [2.05, 4.69) is 10.2 Å². The van der Waals surface area contributed by atoms with Gasteiger partial charge in [0.05, 0.1) is 12.2 Å². The Kier molecular flexibility index (Phi) is 3.58. The van der Waals surface area contributed by atoms with Gasteiger partial charge in [-0.3, -0.25) is 5.10 Å². The first-order valence-electron chi connectivity index (χ1n) is 6.52. The Labute approximate surface area is 126 Å². The number of nitrogens with two attached hydrogens (primary N) is 1. The zero-order valence-corrected chi connectivity index (χ0v) is 12.1. The minimum atomic E-state index is 0.316. The highest BCUT2D eigenvalue weighted by Crippen LogP contribution is 2.36. The Bertz CT molecular complexity index is 747. The van der Waals surface area contributed by atoms with Crippen LogP contribution in [0.2, 0.25) is 5.22 Å². The van der Waals surface area contributed by atoms with Crippen LogP contribution in [0.4, 0.5) is 5.82 Å². The molecule has 5 nitrogen and oxygen atoms in total. The molecule has 3 rings (SSSR count). The fraction of sp³-hybridized carbons (Fsp3) is 0.133. The van der Waals surface area contributed by atoms with Gasteiger partial charge in [0.1, 0.15) is 11.4 Å². The molecule has 0 spiro atoms. The van der Waals surface area contributed by atoms with Crippen molar-refractivity contribution in [1.82, 2.24) is 10.2 Å². The van der Waals surface area contributed by atoms with Crippen molar-refractivity contribution in [3.8, 4) is 28.3 Å². The molecule has 0 radical (unpaired) electrons. The molecule has 0 amide bonds. The van der Waals surface area contributed by atoms with Gasteiger partial charge in [0.15, 0.2) is 16.8 Å². The molecule has 0 aliphatic carbocycles. The van der Waals surface area contributed by atoms with Crippen LogP contribution in [0.15, 0.2) is 40.8 Å². The second-order valence-corrected chi connectivity index (χ2v) is 4.79. The maximum absolute atomic E-state index is 5.97. The highest BCUT2D eigenvalue weighted by molar-refractivity contribution is 6.29. The van der Waals surface area contributed by atoms with Crippen LogP contribution in [0.3, 0.4) is 0 Å². The predicted molar refractivity (Wildman–Crippen MR) is 82.3 cm³/mol. The van der Waals surface area contributed by atoms with Gasteiger partial charge in [-0.25, -0.2) is 0 Å². The van der Waals surface area contributed by atoms with E-state index in [1.165, 1.54) is 0 Å². The lowest BCUT2D eigenvalue weighted by Gasteiger charge is -2.05. The lowest BCUT2D eigenvalue weighted by Crippen LogP contribution is -1.92. The van der Waals surface area contributed by atoms with Crippen LogP contribution in [-0.2, 0) is 0 Å². The van der Waals surface area contributed by atoms with E-state index in [0.29, 0.717) is 29.1 Å². The molecule has 0 aliphatic rings. The van der Waals surface area contributed by atoms with Crippen molar-refractivity contribution < 1.29 is 9.15 Å². The number of benzene rings is 1. The van der Waals surface area contributed by atoms with Crippen molar-refractivity contribution in [3.05, 3.63) is 41.6 Å². The van der Waals surface area contributed by atoms with Gasteiger partial charge in [-0.15, -0.1) is 0 Å². The number of rotatable bonds is 4. The zero-order chi connectivity index (χ0) is 14.8. The van der Waals surface area contributed by atoms with Gasteiger partial charge in [-0.1, -0.05) is 12.1 Å². The van der Waals surface area contributed by atoms with Crippen LogP contribution in [0.1, 0.15) is 6.92 Å². The third-order valence-corrected chi connectivity index (χ3v) is 3.27. The summed E-state index contributed by atoms with van der Waals surface area (Å²) < 4.78 is 10.9. The van der Waals surface area contributed by atoms with Crippen LogP contribution < -0.4 is 10.5 Å². The van der Waals surface area contributed by atoms with E-state index >= 15 is 0 Å². The average Bonchev–Trinajstić information content (AvgIpc) is 3.06. The predicted octanol–water partition coefficient (Wildman–Crippen LogP) is 3.97. The number of nitrogens with one attached hydrogen (secondary N) is 1. The summed E-state index contributed by atoms with van der Waals surface area (Å²) in [5.74, 6) is 1.81. The summed E-state index contributed by atoms with van der Waals surface area (Å²) in [5.41, 5.74) is 8.37. The summed E-state index contributed by atoms with van der Waals surface area (Å²) in [7, 11) is 0. The number of furan rings is 1. The molecule has 0 aliphatic heterocycles. The maximum atomic E-state index is 5.97. The monoisotopic (exact) mass is 303 g/mol. The van der Waals surface area contributed by atoms with Crippen molar-refractivity contribution in [2.45, 2.75) is 6.92 Å². The van der Waals surface area contributed by atoms with Crippen LogP contribution in [0, 0.1) is 0 Å². The number of halogens is 1. The van der Waals surface area contributed by atoms with E-state index in [1.807, 2.05) is 31.2 Å². The SMILES string of the molecule is CCOc1ccc(-c2c(N)n[nH]c2-c2ccc(Cl)o2)cc1. The first-order chi connectivity index (χ1) is 10.2. The summed E-state index contributed by atoms with van der Waals surface area (Å²) in [5, 5.41) is 7.25. The summed E-state index contributed by atoms with van der Waals surface area (Å²) >= 11 is 5.82. The van der Waals surface area contributed by atoms with Crippen LogP contribution in [0.5, 0.6) is 5.75 Å². The third-order valence-electron chi connectivity index (χ3n) is 3.07. The van der Waals surface area contributed by atoms with Gasteiger partial charge < -0.3 is 14.9 Å². The average molecular weight is 304 g/mol. The number of nitrogens with zero attached hydrogens (tertiary/aromatic N) is 1. The largest absolute Gasteiger partial charge is 0.494 e. The quantitative estimate of drug-likeness (QED) is 0.764. The highest BCUT2D eigenvalue weighted by Gasteiger charge is 2.17. The van der Waals surface area contributed by atoms with Crippen molar-refractivity contribution in [2.75, 3.05) is 12.3 Å². The van der Waals surface area contributed by atoms with E-state index in [-0.39, 0.29) is 0 Å². The Balaban J connectivity index is 2.04. The molecule has 108 valence electrons. The van der Waals surface area contributed by atoms with Crippen molar-refractivity contribution in [2.24, 2.45) is 0 Å². The number of hydrogen-bond acceptors (Lipinski definition) is 4. The molecule has 3 aromatic rings. The Morgan fingerprint density at radius 2 is 2.00 bits per heavy atom. The number of ether oxygens (including phenoxy) is 1. The lowest BCUT2D eigenvalue weighted by molar-refractivity contribution is 0.340. The second-order valence-electron chi connectivity index (χ2n) is 4.42. The Morgan fingerprint density at radius 1 is 1.24 bits per heavy atom. The minimum absolute atomic E-state index is 0.316. The molecule has 0 fully saturated rings. The van der Waals surface area contributed by atoms with Crippen molar-refractivity contribution >= 4 is 17.4 Å². The first kappa shape index (κ1) is 13.6. The first-order valence-corrected chi connectivity index (χ1v) is 6.89. The van der Waals surface area contributed by atoms with Gasteiger partial charge in [0.25, 0.3) is 0 Å². The molecule has 0 saturated heterocycles. The Hall–Kier alpha value is -2.40. The fourth-order valence-electron chi connectivity index (χ4n) is 2.16. The second kappa shape index (κ2) is 5.54. The molecular formula is C15H14ClN3O2. The maximum Gasteiger partial charge on any atom is 0.194 e. The molecule has 0 bridgehead atoms. The number of aromatic nitrogens is 2. The topological polar surface area (TPSA) is 77.1 Å². The fourth-order valence-corrected chi connectivity index (χ4v) is 2.31.